The molecule has 4 rings (SSSR count). The van der Waals surface area contributed by atoms with Gasteiger partial charge in [0.15, 0.2) is 0 Å². The zero-order chi connectivity index (χ0) is 18.3. The molecule has 0 fully saturated rings. The van der Waals surface area contributed by atoms with E-state index in [4.69, 9.17) is 0 Å². The zero-order valence-electron chi connectivity index (χ0n) is 16.9. The second kappa shape index (κ2) is 10.6. The molecule has 0 aliphatic heterocycles. The number of rotatable bonds is 3. The van der Waals surface area contributed by atoms with Gasteiger partial charge in [0.1, 0.15) is 0 Å². The minimum absolute atomic E-state index is 0. The fraction of sp³-hybridized carbons (Fsp3) is 0.200. The molecule has 0 aromatic heterocycles. The number of aliphatic hydroxyl groups excluding tert-OH is 1. The Kier molecular flexibility index (Phi) is 9.40. The van der Waals surface area contributed by atoms with Crippen molar-refractivity contribution < 1.29 is 26.8 Å². The standard InChI is InChI=1S/C25H24O.2ClH.Ti/c1-16-14-17(2)24(18(16)3)23-13-12-19-8-4-6-10-21(19)25(23)22-11-7-5-9-20(22)15-26;;;/h4-14,17,26H,15H2,1-3H3;2*1H;. The molecular formula is C25H26Cl2OTi. The maximum atomic E-state index is 9.93. The van der Waals surface area contributed by atoms with Gasteiger partial charge in [0.05, 0.1) is 6.61 Å². The molecule has 0 saturated heterocycles. The van der Waals surface area contributed by atoms with Gasteiger partial charge in [-0.3, -0.25) is 0 Å². The Morgan fingerprint density at radius 3 is 2.14 bits per heavy atom. The number of allylic oxidation sites excluding steroid dienone is 4. The molecule has 4 heteroatoms. The van der Waals surface area contributed by atoms with Crippen molar-refractivity contribution in [3.05, 3.63) is 89.0 Å². The summed E-state index contributed by atoms with van der Waals surface area (Å²) in [6.07, 6.45) is 2.35. The van der Waals surface area contributed by atoms with E-state index in [2.05, 4.69) is 75.4 Å². The second-order valence-corrected chi connectivity index (χ2v) is 7.20. The van der Waals surface area contributed by atoms with Crippen LogP contribution < -0.4 is 0 Å². The molecule has 150 valence electrons. The monoisotopic (exact) mass is 460 g/mol. The van der Waals surface area contributed by atoms with Gasteiger partial charge in [-0.25, -0.2) is 0 Å². The van der Waals surface area contributed by atoms with Crippen molar-refractivity contribution in [3.63, 3.8) is 0 Å². The van der Waals surface area contributed by atoms with Gasteiger partial charge in [-0.1, -0.05) is 79.2 Å². The second-order valence-electron chi connectivity index (χ2n) is 7.20. The average Bonchev–Trinajstić information content (AvgIpc) is 2.92. The normalized spacial score (nSPS) is 15.3. The van der Waals surface area contributed by atoms with E-state index in [0.29, 0.717) is 5.92 Å². The fourth-order valence-electron chi connectivity index (χ4n) is 4.27. The Hall–Kier alpha value is -1.35. The summed E-state index contributed by atoms with van der Waals surface area (Å²) in [6, 6.07) is 21.2. The van der Waals surface area contributed by atoms with Crippen LogP contribution in [-0.2, 0) is 28.3 Å². The summed E-state index contributed by atoms with van der Waals surface area (Å²) >= 11 is 0. The Bertz CT molecular complexity index is 1070. The molecule has 1 aliphatic rings. The van der Waals surface area contributed by atoms with E-state index >= 15 is 0 Å². The minimum atomic E-state index is 0. The van der Waals surface area contributed by atoms with Gasteiger partial charge >= 0.3 is 0 Å². The predicted molar refractivity (Wildman–Crippen MR) is 125 cm³/mol. The fourth-order valence-corrected chi connectivity index (χ4v) is 4.27. The molecule has 0 saturated carbocycles. The van der Waals surface area contributed by atoms with Crippen molar-refractivity contribution in [2.45, 2.75) is 27.4 Å². The van der Waals surface area contributed by atoms with Gasteiger partial charge in [-0.05, 0) is 58.0 Å². The Morgan fingerprint density at radius 2 is 1.48 bits per heavy atom. The van der Waals surface area contributed by atoms with Gasteiger partial charge in [0.25, 0.3) is 0 Å². The maximum Gasteiger partial charge on any atom is 0.0687 e. The number of aliphatic hydroxyl groups is 1. The number of hydrogen-bond donors (Lipinski definition) is 1. The van der Waals surface area contributed by atoms with Crippen molar-refractivity contribution in [2.75, 3.05) is 0 Å². The predicted octanol–water partition coefficient (Wildman–Crippen LogP) is 7.21. The molecule has 1 atom stereocenters. The van der Waals surface area contributed by atoms with E-state index in [9.17, 15) is 5.11 Å². The molecule has 0 heterocycles. The van der Waals surface area contributed by atoms with E-state index in [1.165, 1.54) is 38.6 Å². The molecule has 0 radical (unpaired) electrons. The molecule has 0 bridgehead atoms. The first-order chi connectivity index (χ1) is 12.6. The molecule has 0 amide bonds. The number of fused-ring (bicyclic) bond motifs is 1. The van der Waals surface area contributed by atoms with Crippen LogP contribution in [0.2, 0.25) is 0 Å². The molecule has 1 unspecified atom stereocenters. The van der Waals surface area contributed by atoms with Crippen molar-refractivity contribution in [2.24, 2.45) is 5.92 Å². The van der Waals surface area contributed by atoms with Gasteiger partial charge in [0.2, 0.25) is 0 Å². The van der Waals surface area contributed by atoms with Crippen LogP contribution in [0.15, 0.2) is 77.9 Å². The van der Waals surface area contributed by atoms with Gasteiger partial charge in [-0.15, -0.1) is 24.8 Å². The maximum absolute atomic E-state index is 9.93. The van der Waals surface area contributed by atoms with Gasteiger partial charge < -0.3 is 5.11 Å². The molecule has 1 aliphatic carbocycles. The van der Waals surface area contributed by atoms with E-state index in [1.54, 1.807) is 0 Å². The van der Waals surface area contributed by atoms with Crippen LogP contribution in [0.25, 0.3) is 27.5 Å². The summed E-state index contributed by atoms with van der Waals surface area (Å²) < 4.78 is 0. The third-order valence-corrected chi connectivity index (χ3v) is 5.63. The Morgan fingerprint density at radius 1 is 0.828 bits per heavy atom. The largest absolute Gasteiger partial charge is 0.392 e. The number of benzene rings is 3. The summed E-state index contributed by atoms with van der Waals surface area (Å²) in [7, 11) is 0. The first-order valence-electron chi connectivity index (χ1n) is 9.22. The molecule has 3 aromatic carbocycles. The van der Waals surface area contributed by atoms with Crippen LogP contribution >= 0.6 is 24.8 Å². The number of halogens is 2. The van der Waals surface area contributed by atoms with Crippen molar-refractivity contribution in [1.29, 1.82) is 0 Å². The molecule has 0 spiro atoms. The SMILES string of the molecule is CC1=CC(C)C(c2ccc3ccccc3c2-c2ccccc2CO)=C1C.Cl.Cl.[Ti]. The quantitative estimate of drug-likeness (QED) is 0.409. The van der Waals surface area contributed by atoms with Crippen molar-refractivity contribution in [3.8, 4) is 11.1 Å². The first-order valence-corrected chi connectivity index (χ1v) is 9.22. The van der Waals surface area contributed by atoms with E-state index in [-0.39, 0.29) is 53.1 Å². The van der Waals surface area contributed by atoms with Gasteiger partial charge in [-0.2, -0.15) is 0 Å². The van der Waals surface area contributed by atoms with Crippen LogP contribution in [0.5, 0.6) is 0 Å². The summed E-state index contributed by atoms with van der Waals surface area (Å²) in [4.78, 5) is 0. The molecular weight excluding hydrogens is 435 g/mol. The van der Waals surface area contributed by atoms with E-state index in [1.807, 2.05) is 12.1 Å². The van der Waals surface area contributed by atoms with E-state index in [0.717, 1.165) is 11.1 Å². The summed E-state index contributed by atoms with van der Waals surface area (Å²) in [6.45, 7) is 6.73. The van der Waals surface area contributed by atoms with Crippen molar-refractivity contribution >= 4 is 41.2 Å². The van der Waals surface area contributed by atoms with Crippen molar-refractivity contribution in [1.82, 2.24) is 0 Å². The average molecular weight is 461 g/mol. The zero-order valence-corrected chi connectivity index (χ0v) is 20.1. The summed E-state index contributed by atoms with van der Waals surface area (Å²) in [5.41, 5.74) is 8.74. The number of hydrogen-bond acceptors (Lipinski definition) is 1. The topological polar surface area (TPSA) is 20.2 Å². The van der Waals surface area contributed by atoms with Gasteiger partial charge in [0, 0.05) is 27.6 Å². The van der Waals surface area contributed by atoms with Crippen LogP contribution in [0.3, 0.4) is 0 Å². The third kappa shape index (κ3) is 4.55. The summed E-state index contributed by atoms with van der Waals surface area (Å²) in [5, 5.41) is 12.4. The van der Waals surface area contributed by atoms with Crippen LogP contribution in [0, 0.1) is 5.92 Å². The Balaban J connectivity index is 0.00000140. The summed E-state index contributed by atoms with van der Waals surface area (Å²) in [5.74, 6) is 0.399. The minimum Gasteiger partial charge on any atom is -0.392 e. The smallest absolute Gasteiger partial charge is 0.0687 e. The molecule has 3 aromatic rings. The molecule has 1 N–H and O–H groups in total. The molecule has 29 heavy (non-hydrogen) atoms. The van der Waals surface area contributed by atoms with E-state index < -0.39 is 0 Å². The molecule has 1 nitrogen and oxygen atoms in total. The van der Waals surface area contributed by atoms with Crippen LogP contribution in [0.1, 0.15) is 31.9 Å². The Labute approximate surface area is 200 Å². The van der Waals surface area contributed by atoms with Crippen LogP contribution in [0.4, 0.5) is 0 Å². The first kappa shape index (κ1) is 25.7. The van der Waals surface area contributed by atoms with Crippen LogP contribution in [-0.4, -0.2) is 5.11 Å². The third-order valence-electron chi connectivity index (χ3n) is 5.63.